The number of carbonyl (C=O) groups is 1. The van der Waals surface area contributed by atoms with Crippen LogP contribution >= 0.6 is 0 Å². The van der Waals surface area contributed by atoms with Crippen LogP contribution in [0, 0.1) is 0 Å². The van der Waals surface area contributed by atoms with E-state index in [4.69, 9.17) is 5.11 Å². The van der Waals surface area contributed by atoms with Gasteiger partial charge in [-0.05, 0) is 19.8 Å². The van der Waals surface area contributed by atoms with Gasteiger partial charge in [0.25, 0.3) is 0 Å². The van der Waals surface area contributed by atoms with Crippen molar-refractivity contribution in [2.45, 2.75) is 45.8 Å². The summed E-state index contributed by atoms with van der Waals surface area (Å²) in [5.41, 5.74) is 0. The second-order valence-electron chi connectivity index (χ2n) is 4.31. The Hall–Kier alpha value is -0.573. The topological polar surface area (TPSA) is 37.3 Å². The fraction of sp³-hybridized carbons (Fsp3) is 0.700. The minimum absolute atomic E-state index is 0.293. The van der Waals surface area contributed by atoms with Crippen molar-refractivity contribution in [2.24, 2.45) is 0 Å². The minimum atomic E-state index is -1.19. The molecule has 0 radical (unpaired) electrons. The van der Waals surface area contributed by atoms with Crippen LogP contribution in [0.1, 0.15) is 26.2 Å². The van der Waals surface area contributed by atoms with Crippen LogP contribution in [0.15, 0.2) is 11.3 Å². The van der Waals surface area contributed by atoms with Crippen molar-refractivity contribution in [2.75, 3.05) is 0 Å². The molecule has 0 aliphatic carbocycles. The van der Waals surface area contributed by atoms with Crippen LogP contribution in [0.4, 0.5) is 0 Å². The zero-order valence-electron chi connectivity index (χ0n) is 9.05. The first-order chi connectivity index (χ1) is 5.88. The first-order valence-corrected chi connectivity index (χ1v) is 8.25. The predicted molar refractivity (Wildman–Crippen MR) is 58.6 cm³/mol. The molecule has 3 heteroatoms. The lowest BCUT2D eigenvalue weighted by Gasteiger charge is -2.20. The van der Waals surface area contributed by atoms with Crippen LogP contribution in [0.3, 0.4) is 0 Å². The fourth-order valence-electron chi connectivity index (χ4n) is 1.38. The molecular formula is C10H20O2Si. The maximum Gasteiger partial charge on any atom is 0.303 e. The van der Waals surface area contributed by atoms with E-state index >= 15 is 0 Å². The molecule has 0 saturated heterocycles. The van der Waals surface area contributed by atoms with Gasteiger partial charge >= 0.3 is 5.97 Å². The van der Waals surface area contributed by atoms with Gasteiger partial charge in [0.1, 0.15) is 0 Å². The van der Waals surface area contributed by atoms with Gasteiger partial charge in [0, 0.05) is 6.42 Å². The smallest absolute Gasteiger partial charge is 0.303 e. The number of rotatable bonds is 5. The molecule has 13 heavy (non-hydrogen) atoms. The van der Waals surface area contributed by atoms with Crippen molar-refractivity contribution in [3.05, 3.63) is 11.3 Å². The largest absolute Gasteiger partial charge is 0.481 e. The summed E-state index contributed by atoms with van der Waals surface area (Å²) in [4.78, 5) is 10.3. The Morgan fingerprint density at radius 2 is 1.85 bits per heavy atom. The van der Waals surface area contributed by atoms with Gasteiger partial charge in [-0.25, -0.2) is 0 Å². The fourth-order valence-corrected chi connectivity index (χ4v) is 3.18. The quantitative estimate of drug-likeness (QED) is 0.693. The lowest BCUT2D eigenvalue weighted by atomic mass is 10.2. The van der Waals surface area contributed by atoms with Crippen LogP contribution in [0.5, 0.6) is 0 Å². The zero-order chi connectivity index (χ0) is 10.5. The Kier molecular flexibility index (Phi) is 4.99. The number of aliphatic carboxylic acids is 1. The lowest BCUT2D eigenvalue weighted by Crippen LogP contribution is -2.23. The molecule has 0 aromatic rings. The number of carboxylic acid groups (broad SMARTS) is 1. The summed E-state index contributed by atoms with van der Waals surface area (Å²) in [7, 11) is -1.19. The Labute approximate surface area is 81.7 Å². The third-order valence-electron chi connectivity index (χ3n) is 2.15. The zero-order valence-corrected chi connectivity index (χ0v) is 10.1. The van der Waals surface area contributed by atoms with E-state index in [0.29, 0.717) is 6.42 Å². The third-order valence-corrected chi connectivity index (χ3v) is 4.61. The maximum absolute atomic E-state index is 10.3. The van der Waals surface area contributed by atoms with Crippen molar-refractivity contribution in [3.63, 3.8) is 0 Å². The molecule has 0 aromatic heterocycles. The number of carboxylic acids is 1. The van der Waals surface area contributed by atoms with E-state index in [9.17, 15) is 4.79 Å². The first-order valence-electron chi connectivity index (χ1n) is 4.75. The van der Waals surface area contributed by atoms with Crippen LogP contribution < -0.4 is 0 Å². The molecule has 0 atom stereocenters. The highest BCUT2D eigenvalue weighted by atomic mass is 28.3. The van der Waals surface area contributed by atoms with Crippen molar-refractivity contribution in [1.29, 1.82) is 0 Å². The van der Waals surface area contributed by atoms with Crippen molar-refractivity contribution in [3.8, 4) is 0 Å². The van der Waals surface area contributed by atoms with Crippen molar-refractivity contribution >= 4 is 14.0 Å². The van der Waals surface area contributed by atoms with Crippen molar-refractivity contribution < 1.29 is 9.90 Å². The molecule has 0 aliphatic rings. The molecule has 0 fully saturated rings. The molecule has 76 valence electrons. The van der Waals surface area contributed by atoms with E-state index < -0.39 is 14.0 Å². The SMILES string of the molecule is CC=C(CCCC(=O)O)[Si](C)(C)C. The first kappa shape index (κ1) is 12.4. The van der Waals surface area contributed by atoms with Crippen LogP contribution in [0.25, 0.3) is 0 Å². The van der Waals surface area contributed by atoms with Gasteiger partial charge in [-0.15, -0.1) is 0 Å². The molecule has 0 aliphatic heterocycles. The molecule has 2 nitrogen and oxygen atoms in total. The van der Waals surface area contributed by atoms with Gasteiger partial charge in [0.05, 0.1) is 8.07 Å². The molecule has 0 amide bonds. The number of allylic oxidation sites excluding steroid dienone is 2. The maximum atomic E-state index is 10.3. The standard InChI is InChI=1S/C10H20O2Si/c1-5-9(13(2,3)4)7-6-8-10(11)12/h5H,6-8H2,1-4H3,(H,11,12). The minimum Gasteiger partial charge on any atom is -0.481 e. The Morgan fingerprint density at radius 1 is 1.31 bits per heavy atom. The Bertz CT molecular complexity index is 201. The molecule has 1 N–H and O–H groups in total. The highest BCUT2D eigenvalue weighted by Crippen LogP contribution is 2.20. The molecular weight excluding hydrogens is 180 g/mol. The summed E-state index contributed by atoms with van der Waals surface area (Å²) in [5, 5.41) is 9.97. The summed E-state index contributed by atoms with van der Waals surface area (Å²) in [6.07, 6.45) is 4.19. The second-order valence-corrected chi connectivity index (χ2v) is 9.45. The second kappa shape index (κ2) is 5.22. The molecule has 0 saturated carbocycles. The van der Waals surface area contributed by atoms with Crippen molar-refractivity contribution in [1.82, 2.24) is 0 Å². The summed E-state index contributed by atoms with van der Waals surface area (Å²) in [5.74, 6) is -0.689. The highest BCUT2D eigenvalue weighted by molar-refractivity contribution is 6.83. The van der Waals surface area contributed by atoms with Gasteiger partial charge in [-0.2, -0.15) is 0 Å². The van der Waals surface area contributed by atoms with E-state index in [2.05, 4.69) is 25.7 Å². The van der Waals surface area contributed by atoms with Gasteiger partial charge in [0.15, 0.2) is 0 Å². The number of hydrogen-bond acceptors (Lipinski definition) is 1. The van der Waals surface area contributed by atoms with E-state index in [0.717, 1.165) is 12.8 Å². The average Bonchev–Trinajstić information content (AvgIpc) is 1.95. The Balaban J connectivity index is 3.96. The van der Waals surface area contributed by atoms with E-state index in [-0.39, 0.29) is 0 Å². The summed E-state index contributed by atoms with van der Waals surface area (Å²) < 4.78 is 0. The summed E-state index contributed by atoms with van der Waals surface area (Å²) >= 11 is 0. The third kappa shape index (κ3) is 5.63. The lowest BCUT2D eigenvalue weighted by molar-refractivity contribution is -0.137. The predicted octanol–water partition coefficient (Wildman–Crippen LogP) is 3.07. The van der Waals surface area contributed by atoms with E-state index in [1.165, 1.54) is 5.20 Å². The van der Waals surface area contributed by atoms with Gasteiger partial charge < -0.3 is 5.11 Å². The van der Waals surface area contributed by atoms with Gasteiger partial charge in [-0.1, -0.05) is 30.9 Å². The van der Waals surface area contributed by atoms with E-state index in [1.54, 1.807) is 0 Å². The van der Waals surface area contributed by atoms with Gasteiger partial charge in [0.2, 0.25) is 0 Å². The molecule has 0 rings (SSSR count). The van der Waals surface area contributed by atoms with Crippen LogP contribution in [-0.4, -0.2) is 19.1 Å². The highest BCUT2D eigenvalue weighted by Gasteiger charge is 2.18. The molecule has 0 bridgehead atoms. The van der Waals surface area contributed by atoms with Gasteiger partial charge in [-0.3, -0.25) is 4.79 Å². The average molecular weight is 200 g/mol. The van der Waals surface area contributed by atoms with Crippen LogP contribution in [0.2, 0.25) is 19.6 Å². The molecule has 0 heterocycles. The molecule has 0 unspecified atom stereocenters. The normalized spacial score (nSPS) is 13.1. The molecule has 0 spiro atoms. The summed E-state index contributed by atoms with van der Waals surface area (Å²) in [6.45, 7) is 8.93. The Morgan fingerprint density at radius 3 is 2.15 bits per heavy atom. The van der Waals surface area contributed by atoms with E-state index in [1.807, 2.05) is 6.92 Å². The van der Waals surface area contributed by atoms with Crippen LogP contribution in [-0.2, 0) is 4.79 Å². The monoisotopic (exact) mass is 200 g/mol. The molecule has 0 aromatic carbocycles. The number of hydrogen-bond donors (Lipinski definition) is 1. The summed E-state index contributed by atoms with van der Waals surface area (Å²) in [6, 6.07) is 0.